The van der Waals surface area contributed by atoms with E-state index in [2.05, 4.69) is 20.8 Å². The van der Waals surface area contributed by atoms with Crippen LogP contribution in [0.3, 0.4) is 0 Å². The molecule has 0 aliphatic heterocycles. The van der Waals surface area contributed by atoms with Crippen LogP contribution in [0.4, 0.5) is 16.2 Å². The van der Waals surface area contributed by atoms with E-state index in [1.54, 1.807) is 39.5 Å². The molecule has 0 atom stereocenters. The average molecular weight is 396 g/mol. The first kappa shape index (κ1) is 20.1. The van der Waals surface area contributed by atoms with Gasteiger partial charge in [-0.15, -0.1) is 0 Å². The number of aryl methyl sites for hydroxylation is 1. The summed E-state index contributed by atoms with van der Waals surface area (Å²) >= 11 is 0. The van der Waals surface area contributed by atoms with Crippen molar-refractivity contribution in [2.75, 3.05) is 32.0 Å². The number of nitrogens with zero attached hydrogens (tertiary/aromatic N) is 1. The zero-order valence-corrected chi connectivity index (χ0v) is 16.8. The van der Waals surface area contributed by atoms with E-state index >= 15 is 0 Å². The molecule has 1 heterocycles. The molecule has 3 aromatic rings. The summed E-state index contributed by atoms with van der Waals surface area (Å²) < 4.78 is 15.8. The van der Waals surface area contributed by atoms with Crippen molar-refractivity contribution in [2.45, 2.75) is 13.3 Å². The minimum atomic E-state index is -0.402. The van der Waals surface area contributed by atoms with Gasteiger partial charge < -0.3 is 24.8 Å². The lowest BCUT2D eigenvalue weighted by molar-refractivity contribution is 0.262. The largest absolute Gasteiger partial charge is 0.497 e. The highest BCUT2D eigenvalue weighted by Gasteiger charge is 2.17. The van der Waals surface area contributed by atoms with Crippen molar-refractivity contribution < 1.29 is 19.0 Å². The third kappa shape index (κ3) is 4.60. The fraction of sp³-hybridized carbons (Fsp3) is 0.238. The predicted octanol–water partition coefficient (Wildman–Crippen LogP) is 4.31. The van der Waals surface area contributed by atoms with Crippen LogP contribution in [-0.4, -0.2) is 37.6 Å². The van der Waals surface area contributed by atoms with Gasteiger partial charge in [0.05, 0.1) is 32.7 Å². The van der Waals surface area contributed by atoms with Crippen molar-refractivity contribution in [3.8, 4) is 28.5 Å². The molecule has 0 aliphatic rings. The lowest BCUT2D eigenvalue weighted by Gasteiger charge is -2.12. The molecule has 0 aliphatic carbocycles. The Balaban J connectivity index is 1.86. The molecule has 0 saturated carbocycles. The van der Waals surface area contributed by atoms with E-state index in [0.717, 1.165) is 11.3 Å². The summed E-state index contributed by atoms with van der Waals surface area (Å²) in [6, 6.07) is 12.3. The number of amides is 2. The van der Waals surface area contributed by atoms with Crippen LogP contribution in [0.1, 0.15) is 12.6 Å². The normalized spacial score (nSPS) is 10.3. The number of ether oxygens (including phenoxy) is 3. The maximum Gasteiger partial charge on any atom is 0.323 e. The standard InChI is InChI=1S/C21H24N4O4/c1-5-18-20(19(25-24-18)13-7-6-8-15(9-13)27-2)23-21(26)22-14-10-16(28-3)12-17(11-14)29-4/h6-12H,5H2,1-4H3,(H,24,25)(H2,22,23,26). The molecule has 8 nitrogen and oxygen atoms in total. The van der Waals surface area contributed by atoms with Crippen LogP contribution in [0.25, 0.3) is 11.3 Å². The van der Waals surface area contributed by atoms with Crippen LogP contribution in [0.15, 0.2) is 42.5 Å². The maximum absolute atomic E-state index is 12.7. The molecular formula is C21H24N4O4. The number of H-pyrrole nitrogens is 1. The lowest BCUT2D eigenvalue weighted by atomic mass is 10.1. The van der Waals surface area contributed by atoms with E-state index in [0.29, 0.717) is 40.7 Å². The number of hydrogen-bond acceptors (Lipinski definition) is 5. The molecule has 0 unspecified atom stereocenters. The zero-order valence-electron chi connectivity index (χ0n) is 16.8. The van der Waals surface area contributed by atoms with Gasteiger partial charge in [-0.3, -0.25) is 5.10 Å². The Morgan fingerprint density at radius 1 is 0.966 bits per heavy atom. The first-order chi connectivity index (χ1) is 14.1. The highest BCUT2D eigenvalue weighted by molar-refractivity contribution is 6.02. The fourth-order valence-electron chi connectivity index (χ4n) is 2.90. The van der Waals surface area contributed by atoms with Gasteiger partial charge in [0.1, 0.15) is 22.9 Å². The van der Waals surface area contributed by atoms with E-state index < -0.39 is 6.03 Å². The number of carbonyl (C=O) groups excluding carboxylic acids is 1. The van der Waals surface area contributed by atoms with Gasteiger partial charge in [0.15, 0.2) is 0 Å². The molecular weight excluding hydrogens is 372 g/mol. The topological polar surface area (TPSA) is 97.5 Å². The zero-order chi connectivity index (χ0) is 20.8. The minimum Gasteiger partial charge on any atom is -0.497 e. The van der Waals surface area contributed by atoms with Gasteiger partial charge in [0, 0.05) is 29.4 Å². The summed E-state index contributed by atoms with van der Waals surface area (Å²) in [7, 11) is 4.71. The van der Waals surface area contributed by atoms with Gasteiger partial charge in [-0.2, -0.15) is 5.10 Å². The molecule has 0 spiro atoms. The predicted molar refractivity (Wildman–Crippen MR) is 112 cm³/mol. The average Bonchev–Trinajstić information content (AvgIpc) is 3.15. The van der Waals surface area contributed by atoms with E-state index in [-0.39, 0.29) is 0 Å². The molecule has 29 heavy (non-hydrogen) atoms. The summed E-state index contributed by atoms with van der Waals surface area (Å²) in [5, 5.41) is 13.1. The summed E-state index contributed by atoms with van der Waals surface area (Å²) in [5.74, 6) is 1.87. The quantitative estimate of drug-likeness (QED) is 0.553. The second kappa shape index (κ2) is 9.01. The molecule has 0 fully saturated rings. The van der Waals surface area contributed by atoms with Crippen LogP contribution >= 0.6 is 0 Å². The van der Waals surface area contributed by atoms with E-state index in [4.69, 9.17) is 14.2 Å². The summed E-state index contributed by atoms with van der Waals surface area (Å²) in [6.07, 6.45) is 0.680. The van der Waals surface area contributed by atoms with Crippen molar-refractivity contribution in [1.82, 2.24) is 10.2 Å². The molecule has 2 aromatic carbocycles. The van der Waals surface area contributed by atoms with Crippen molar-refractivity contribution in [3.63, 3.8) is 0 Å². The number of urea groups is 1. The van der Waals surface area contributed by atoms with Gasteiger partial charge in [-0.1, -0.05) is 19.1 Å². The first-order valence-corrected chi connectivity index (χ1v) is 9.10. The lowest BCUT2D eigenvalue weighted by Crippen LogP contribution is -2.20. The maximum atomic E-state index is 12.7. The Morgan fingerprint density at radius 3 is 2.28 bits per heavy atom. The number of carbonyl (C=O) groups is 1. The summed E-state index contributed by atoms with van der Waals surface area (Å²) in [5.41, 5.74) is 3.45. The van der Waals surface area contributed by atoms with Crippen molar-refractivity contribution in [2.24, 2.45) is 0 Å². The molecule has 2 amide bonds. The molecule has 8 heteroatoms. The summed E-state index contributed by atoms with van der Waals surface area (Å²) in [4.78, 5) is 12.7. The molecule has 3 rings (SSSR count). The molecule has 0 saturated heterocycles. The molecule has 152 valence electrons. The van der Waals surface area contributed by atoms with E-state index in [1.807, 2.05) is 31.2 Å². The Hall–Kier alpha value is -3.68. The monoisotopic (exact) mass is 396 g/mol. The Morgan fingerprint density at radius 2 is 1.66 bits per heavy atom. The molecule has 1 aromatic heterocycles. The highest BCUT2D eigenvalue weighted by atomic mass is 16.5. The Kier molecular flexibility index (Phi) is 6.23. The van der Waals surface area contributed by atoms with Gasteiger partial charge >= 0.3 is 6.03 Å². The summed E-state index contributed by atoms with van der Waals surface area (Å²) in [6.45, 7) is 1.98. The third-order valence-electron chi connectivity index (χ3n) is 4.39. The molecule has 3 N–H and O–H groups in total. The third-order valence-corrected chi connectivity index (χ3v) is 4.39. The number of aromatic amines is 1. The van der Waals surface area contributed by atoms with Crippen molar-refractivity contribution in [3.05, 3.63) is 48.2 Å². The smallest absolute Gasteiger partial charge is 0.323 e. The number of benzene rings is 2. The fourth-order valence-corrected chi connectivity index (χ4v) is 2.90. The van der Waals surface area contributed by atoms with Gasteiger partial charge in [0.25, 0.3) is 0 Å². The number of methoxy groups -OCH3 is 3. The Bertz CT molecular complexity index is 978. The number of anilines is 2. The molecule has 0 bridgehead atoms. The second-order valence-corrected chi connectivity index (χ2v) is 6.19. The number of rotatable bonds is 7. The number of hydrogen-bond donors (Lipinski definition) is 3. The SMILES string of the molecule is CCc1[nH]nc(-c2cccc(OC)c2)c1NC(=O)Nc1cc(OC)cc(OC)c1. The van der Waals surface area contributed by atoms with E-state index in [9.17, 15) is 4.79 Å². The highest BCUT2D eigenvalue weighted by Crippen LogP contribution is 2.32. The minimum absolute atomic E-state index is 0.402. The van der Waals surface area contributed by atoms with Gasteiger partial charge in [-0.05, 0) is 18.6 Å². The molecule has 0 radical (unpaired) electrons. The van der Waals surface area contributed by atoms with Crippen LogP contribution < -0.4 is 24.8 Å². The van der Waals surface area contributed by atoms with Crippen LogP contribution in [0, 0.1) is 0 Å². The van der Waals surface area contributed by atoms with Crippen molar-refractivity contribution in [1.29, 1.82) is 0 Å². The first-order valence-electron chi connectivity index (χ1n) is 9.10. The van der Waals surface area contributed by atoms with Crippen LogP contribution in [0.2, 0.25) is 0 Å². The van der Waals surface area contributed by atoms with E-state index in [1.165, 1.54) is 0 Å². The van der Waals surface area contributed by atoms with Crippen molar-refractivity contribution >= 4 is 17.4 Å². The van der Waals surface area contributed by atoms with Gasteiger partial charge in [-0.25, -0.2) is 4.79 Å². The number of aromatic nitrogens is 2. The van der Waals surface area contributed by atoms with Crippen LogP contribution in [0.5, 0.6) is 17.2 Å². The Labute approximate surface area is 169 Å². The van der Waals surface area contributed by atoms with Crippen LogP contribution in [-0.2, 0) is 6.42 Å². The van der Waals surface area contributed by atoms with Gasteiger partial charge in [0.2, 0.25) is 0 Å². The second-order valence-electron chi connectivity index (χ2n) is 6.19. The number of nitrogens with one attached hydrogen (secondary N) is 3.